The Morgan fingerprint density at radius 2 is 2.11 bits per heavy atom. The molecule has 8 heteroatoms. The fourth-order valence-electron chi connectivity index (χ4n) is 1.64. The average Bonchev–Trinajstić information content (AvgIpc) is 2.68. The molecule has 0 saturated heterocycles. The van der Waals surface area contributed by atoms with Crippen molar-refractivity contribution in [1.29, 1.82) is 0 Å². The van der Waals surface area contributed by atoms with E-state index in [9.17, 15) is 9.59 Å². The Kier molecular flexibility index (Phi) is 3.24. The maximum Gasteiger partial charge on any atom is 0.279 e. The van der Waals surface area contributed by atoms with Crippen LogP contribution >= 0.6 is 0 Å². The lowest BCUT2D eigenvalue weighted by Gasteiger charge is -2.11. The average molecular weight is 264 g/mol. The number of nitrogens with one attached hydrogen (secondary N) is 1. The van der Waals surface area contributed by atoms with Crippen molar-refractivity contribution in [2.75, 3.05) is 26.0 Å². The van der Waals surface area contributed by atoms with Crippen LogP contribution in [0.2, 0.25) is 0 Å². The minimum atomic E-state index is -0.174. The van der Waals surface area contributed by atoms with E-state index in [0.29, 0.717) is 17.1 Å². The minimum Gasteiger partial charge on any atom is -0.347 e. The van der Waals surface area contributed by atoms with Gasteiger partial charge >= 0.3 is 0 Å². The predicted octanol–water partition coefficient (Wildman–Crippen LogP) is -0.833. The van der Waals surface area contributed by atoms with Crippen molar-refractivity contribution >= 4 is 23.0 Å². The number of hydrogen-bond acceptors (Lipinski definition) is 5. The zero-order valence-corrected chi connectivity index (χ0v) is 11.3. The zero-order valence-electron chi connectivity index (χ0n) is 11.3. The normalized spacial score (nSPS) is 10.7. The van der Waals surface area contributed by atoms with Crippen molar-refractivity contribution < 1.29 is 4.79 Å². The van der Waals surface area contributed by atoms with Gasteiger partial charge in [0.2, 0.25) is 11.9 Å². The number of rotatable bonds is 3. The predicted molar refractivity (Wildman–Crippen MR) is 70.9 cm³/mol. The molecule has 0 fully saturated rings. The number of likely N-dealkylation sites (N-methyl/N-ethyl adjacent to an activating group) is 1. The molecule has 1 amide bonds. The molecule has 2 aromatic rings. The molecule has 8 nitrogen and oxygen atoms in total. The van der Waals surface area contributed by atoms with Gasteiger partial charge in [0.1, 0.15) is 0 Å². The van der Waals surface area contributed by atoms with Crippen molar-refractivity contribution in [3.8, 4) is 0 Å². The maximum absolute atomic E-state index is 12.0. The van der Waals surface area contributed by atoms with E-state index in [4.69, 9.17) is 0 Å². The van der Waals surface area contributed by atoms with Gasteiger partial charge in [0.05, 0.1) is 12.9 Å². The van der Waals surface area contributed by atoms with Crippen molar-refractivity contribution in [2.24, 2.45) is 14.1 Å². The van der Waals surface area contributed by atoms with Crippen molar-refractivity contribution in [1.82, 2.24) is 24.0 Å². The van der Waals surface area contributed by atoms with E-state index in [1.54, 1.807) is 32.8 Å². The van der Waals surface area contributed by atoms with Crippen LogP contribution in [0.3, 0.4) is 0 Å². The first-order chi connectivity index (χ1) is 8.91. The van der Waals surface area contributed by atoms with Gasteiger partial charge in [-0.1, -0.05) is 0 Å². The third kappa shape index (κ3) is 2.28. The lowest BCUT2D eigenvalue weighted by Crippen LogP contribution is -2.29. The smallest absolute Gasteiger partial charge is 0.279 e. The van der Waals surface area contributed by atoms with E-state index in [2.05, 4.69) is 15.3 Å². The molecule has 0 saturated carbocycles. The third-order valence-corrected chi connectivity index (χ3v) is 2.85. The standard InChI is InChI=1S/C11H16N6O2/c1-15(2)7(18)5-12-11-14-9-8(17(11)4)10(19)16(3)6-13-9/h6H,5H2,1-4H3,(H,12,14). The Bertz CT molecular complexity index is 684. The summed E-state index contributed by atoms with van der Waals surface area (Å²) in [6.45, 7) is 0.116. The van der Waals surface area contributed by atoms with E-state index in [0.717, 1.165) is 0 Å². The summed E-state index contributed by atoms with van der Waals surface area (Å²) in [5.41, 5.74) is 0.599. The molecule has 0 unspecified atom stereocenters. The number of amides is 1. The number of nitrogens with zero attached hydrogens (tertiary/aromatic N) is 5. The monoisotopic (exact) mass is 264 g/mol. The lowest BCUT2D eigenvalue weighted by atomic mass is 10.5. The highest BCUT2D eigenvalue weighted by Gasteiger charge is 2.13. The minimum absolute atomic E-state index is 0.0760. The van der Waals surface area contributed by atoms with Gasteiger partial charge in [-0.25, -0.2) is 4.98 Å². The first-order valence-corrected chi connectivity index (χ1v) is 5.74. The highest BCUT2D eigenvalue weighted by atomic mass is 16.2. The summed E-state index contributed by atoms with van der Waals surface area (Å²) in [7, 11) is 6.69. The molecule has 0 spiro atoms. The Hall–Kier alpha value is -2.38. The van der Waals surface area contributed by atoms with Gasteiger partial charge in [0, 0.05) is 28.2 Å². The Balaban J connectivity index is 2.36. The molecule has 2 rings (SSSR count). The second-order valence-corrected chi connectivity index (χ2v) is 4.47. The van der Waals surface area contributed by atoms with E-state index in [-0.39, 0.29) is 18.0 Å². The molecular weight excluding hydrogens is 248 g/mol. The summed E-state index contributed by atoms with van der Waals surface area (Å²) in [5.74, 6) is 0.369. The zero-order chi connectivity index (χ0) is 14.2. The van der Waals surface area contributed by atoms with Crippen LogP contribution in [0.25, 0.3) is 11.2 Å². The Morgan fingerprint density at radius 3 is 2.74 bits per heavy atom. The van der Waals surface area contributed by atoms with Crippen LogP contribution in [0.5, 0.6) is 0 Å². The molecule has 102 valence electrons. The van der Waals surface area contributed by atoms with Crippen LogP contribution in [-0.4, -0.2) is 50.5 Å². The highest BCUT2D eigenvalue weighted by Crippen LogP contribution is 2.11. The van der Waals surface area contributed by atoms with Gasteiger partial charge in [0.25, 0.3) is 5.56 Å². The molecule has 0 bridgehead atoms. The van der Waals surface area contributed by atoms with Crippen LogP contribution in [0.1, 0.15) is 0 Å². The molecule has 2 aromatic heterocycles. The van der Waals surface area contributed by atoms with Crippen LogP contribution in [0.4, 0.5) is 5.95 Å². The summed E-state index contributed by atoms with van der Waals surface area (Å²) >= 11 is 0. The number of imidazole rings is 1. The second kappa shape index (κ2) is 4.71. The molecule has 19 heavy (non-hydrogen) atoms. The van der Waals surface area contributed by atoms with E-state index in [1.165, 1.54) is 15.8 Å². The van der Waals surface area contributed by atoms with Gasteiger partial charge < -0.3 is 19.4 Å². The number of aryl methyl sites for hydroxylation is 2. The second-order valence-electron chi connectivity index (χ2n) is 4.47. The van der Waals surface area contributed by atoms with Gasteiger partial charge in [-0.15, -0.1) is 0 Å². The molecular formula is C11H16N6O2. The summed E-state index contributed by atoms with van der Waals surface area (Å²) in [4.78, 5) is 33.2. The van der Waals surface area contributed by atoms with Crippen molar-refractivity contribution in [3.63, 3.8) is 0 Å². The molecule has 1 N–H and O–H groups in total. The first kappa shape index (κ1) is 13.1. The first-order valence-electron chi connectivity index (χ1n) is 5.74. The SMILES string of the molecule is CN(C)C(=O)CNc1nc2ncn(C)c(=O)c2n1C. The van der Waals surface area contributed by atoms with E-state index < -0.39 is 0 Å². The highest BCUT2D eigenvalue weighted by molar-refractivity contribution is 5.81. The number of carbonyl (C=O) groups excluding carboxylic acids is 1. The van der Waals surface area contributed by atoms with Crippen LogP contribution < -0.4 is 10.9 Å². The van der Waals surface area contributed by atoms with Gasteiger partial charge in [-0.2, -0.15) is 4.98 Å². The van der Waals surface area contributed by atoms with Crippen molar-refractivity contribution in [2.45, 2.75) is 0 Å². The Labute approximate surface area is 109 Å². The number of hydrogen-bond donors (Lipinski definition) is 1. The summed E-state index contributed by atoms with van der Waals surface area (Å²) < 4.78 is 2.99. The van der Waals surface area contributed by atoms with Gasteiger partial charge in [-0.05, 0) is 0 Å². The Morgan fingerprint density at radius 1 is 1.42 bits per heavy atom. The van der Waals surface area contributed by atoms with Crippen molar-refractivity contribution in [3.05, 3.63) is 16.7 Å². The quantitative estimate of drug-likeness (QED) is 0.782. The van der Waals surface area contributed by atoms with E-state index in [1.807, 2.05) is 0 Å². The molecule has 0 aromatic carbocycles. The number of anilines is 1. The van der Waals surface area contributed by atoms with E-state index >= 15 is 0 Å². The summed E-state index contributed by atoms with van der Waals surface area (Å²) in [5, 5.41) is 2.90. The maximum atomic E-state index is 12.0. The molecule has 0 aliphatic rings. The molecule has 0 atom stereocenters. The fourth-order valence-corrected chi connectivity index (χ4v) is 1.64. The topological polar surface area (TPSA) is 85.1 Å². The summed E-state index contributed by atoms with van der Waals surface area (Å²) in [6, 6.07) is 0. The van der Waals surface area contributed by atoms with Gasteiger partial charge in [0.15, 0.2) is 11.2 Å². The fraction of sp³-hybridized carbons (Fsp3) is 0.455. The molecule has 0 aliphatic heterocycles. The molecule has 2 heterocycles. The number of aromatic nitrogens is 4. The molecule has 0 aliphatic carbocycles. The van der Waals surface area contributed by atoms with Crippen LogP contribution in [-0.2, 0) is 18.9 Å². The number of carbonyl (C=O) groups is 1. The summed E-state index contributed by atoms with van der Waals surface area (Å²) in [6.07, 6.45) is 1.42. The largest absolute Gasteiger partial charge is 0.347 e. The lowest BCUT2D eigenvalue weighted by molar-refractivity contribution is -0.126. The van der Waals surface area contributed by atoms with Crippen LogP contribution in [0.15, 0.2) is 11.1 Å². The number of fused-ring (bicyclic) bond motifs is 1. The van der Waals surface area contributed by atoms with Gasteiger partial charge in [-0.3, -0.25) is 9.59 Å². The third-order valence-electron chi connectivity index (χ3n) is 2.85. The molecule has 0 radical (unpaired) electrons. The van der Waals surface area contributed by atoms with Crippen LogP contribution in [0, 0.1) is 0 Å².